The summed E-state index contributed by atoms with van der Waals surface area (Å²) in [6.07, 6.45) is -3.26. The van der Waals surface area contributed by atoms with Crippen molar-refractivity contribution in [3.05, 3.63) is 71.0 Å². The van der Waals surface area contributed by atoms with Crippen molar-refractivity contribution in [3.63, 3.8) is 0 Å². The molecule has 3 rings (SSSR count). The van der Waals surface area contributed by atoms with E-state index in [-0.39, 0.29) is 28.9 Å². The van der Waals surface area contributed by atoms with Gasteiger partial charge in [-0.3, -0.25) is 9.78 Å². The van der Waals surface area contributed by atoms with Gasteiger partial charge in [0, 0.05) is 31.5 Å². The summed E-state index contributed by atoms with van der Waals surface area (Å²) in [5.74, 6) is -0.106. The number of aromatic nitrogens is 1. The van der Waals surface area contributed by atoms with Crippen molar-refractivity contribution in [2.75, 3.05) is 44.9 Å². The Balaban J connectivity index is 1.68. The molecule has 0 aliphatic carbocycles. The molecule has 3 aromatic rings. The first-order valence-corrected chi connectivity index (χ1v) is 11.6. The zero-order chi connectivity index (χ0) is 27.9. The van der Waals surface area contributed by atoms with Crippen LogP contribution in [0.15, 0.2) is 54.7 Å². The molecule has 0 saturated heterocycles. The van der Waals surface area contributed by atoms with Crippen LogP contribution in [0.4, 0.5) is 29.3 Å². The third kappa shape index (κ3) is 7.73. The Morgan fingerprint density at radius 1 is 1.03 bits per heavy atom. The topological polar surface area (TPSA) is 105 Å². The fourth-order valence-corrected chi connectivity index (χ4v) is 3.37. The standard InChI is InChI=1S/C25H25ClF3N5O4/c1-30-23(35)20-14-17(10-11-31-20)38-16-6-4-15(5-7-16)32-24(36)33-19-9-8-18(25(27,28)29)22(21(19)26)37-13-12-34(2)3/h4-11,14H,12-13H2,1-3H3,(H,30,35)(H2,32,33,36). The van der Waals surface area contributed by atoms with Gasteiger partial charge < -0.3 is 30.3 Å². The van der Waals surface area contributed by atoms with Gasteiger partial charge in [-0.25, -0.2) is 4.79 Å². The van der Waals surface area contributed by atoms with Crippen molar-refractivity contribution >= 4 is 34.9 Å². The van der Waals surface area contributed by atoms with Crippen LogP contribution >= 0.6 is 11.6 Å². The van der Waals surface area contributed by atoms with Crippen molar-refractivity contribution in [2.45, 2.75) is 6.18 Å². The molecule has 0 unspecified atom stereocenters. The zero-order valence-electron chi connectivity index (χ0n) is 20.6. The summed E-state index contributed by atoms with van der Waals surface area (Å²) in [6, 6.07) is 10.5. The molecule has 9 nitrogen and oxygen atoms in total. The smallest absolute Gasteiger partial charge is 0.420 e. The van der Waals surface area contributed by atoms with Gasteiger partial charge in [-0.2, -0.15) is 13.2 Å². The average molecular weight is 552 g/mol. The molecule has 3 N–H and O–H groups in total. The normalized spacial score (nSPS) is 11.2. The first-order valence-electron chi connectivity index (χ1n) is 11.2. The second-order valence-electron chi connectivity index (χ2n) is 8.11. The van der Waals surface area contributed by atoms with Crippen LogP contribution < -0.4 is 25.4 Å². The number of likely N-dealkylation sites (N-methyl/N-ethyl adjacent to an activating group) is 1. The molecule has 38 heavy (non-hydrogen) atoms. The maximum absolute atomic E-state index is 13.5. The zero-order valence-corrected chi connectivity index (χ0v) is 21.4. The van der Waals surface area contributed by atoms with Gasteiger partial charge in [0.2, 0.25) is 0 Å². The number of hydrogen-bond acceptors (Lipinski definition) is 6. The highest BCUT2D eigenvalue weighted by Crippen LogP contribution is 2.43. The van der Waals surface area contributed by atoms with E-state index in [9.17, 15) is 22.8 Å². The Kier molecular flexibility index (Phi) is 9.37. The number of hydrogen-bond donors (Lipinski definition) is 3. The van der Waals surface area contributed by atoms with Crippen molar-refractivity contribution in [2.24, 2.45) is 0 Å². The molecular formula is C25H25ClF3N5O4. The van der Waals surface area contributed by atoms with E-state index in [1.54, 1.807) is 49.3 Å². The van der Waals surface area contributed by atoms with E-state index in [0.717, 1.165) is 12.1 Å². The summed E-state index contributed by atoms with van der Waals surface area (Å²) in [4.78, 5) is 29.9. The fourth-order valence-electron chi connectivity index (χ4n) is 3.10. The van der Waals surface area contributed by atoms with Crippen LogP contribution in [-0.4, -0.2) is 56.1 Å². The number of rotatable bonds is 9. The van der Waals surface area contributed by atoms with Gasteiger partial charge in [-0.15, -0.1) is 0 Å². The molecular weight excluding hydrogens is 527 g/mol. The van der Waals surface area contributed by atoms with Gasteiger partial charge in [0.15, 0.2) is 5.75 Å². The third-order valence-corrected chi connectivity index (χ3v) is 5.35. The molecule has 0 aliphatic rings. The number of ether oxygens (including phenoxy) is 2. The molecule has 0 spiro atoms. The molecule has 202 valence electrons. The quantitative estimate of drug-likeness (QED) is 0.325. The number of amides is 3. The lowest BCUT2D eigenvalue weighted by molar-refractivity contribution is -0.138. The van der Waals surface area contributed by atoms with Gasteiger partial charge in [0.1, 0.15) is 28.8 Å². The Labute approximate surface area is 221 Å². The second-order valence-corrected chi connectivity index (χ2v) is 8.49. The van der Waals surface area contributed by atoms with Gasteiger partial charge in [0.25, 0.3) is 5.91 Å². The van der Waals surface area contributed by atoms with Crippen molar-refractivity contribution in [1.82, 2.24) is 15.2 Å². The van der Waals surface area contributed by atoms with Gasteiger partial charge >= 0.3 is 12.2 Å². The van der Waals surface area contributed by atoms with E-state index in [4.69, 9.17) is 21.1 Å². The molecule has 0 fully saturated rings. The molecule has 1 aromatic heterocycles. The van der Waals surface area contributed by atoms with Gasteiger partial charge in [-0.1, -0.05) is 11.6 Å². The minimum atomic E-state index is -4.69. The summed E-state index contributed by atoms with van der Waals surface area (Å²) in [5.41, 5.74) is -0.532. The minimum Gasteiger partial charge on any atom is -0.490 e. The van der Waals surface area contributed by atoms with Crippen LogP contribution in [0.25, 0.3) is 0 Å². The lowest BCUT2D eigenvalue weighted by Crippen LogP contribution is -2.22. The van der Waals surface area contributed by atoms with Crippen molar-refractivity contribution in [1.29, 1.82) is 0 Å². The molecule has 13 heteroatoms. The predicted molar refractivity (Wildman–Crippen MR) is 137 cm³/mol. The summed E-state index contributed by atoms with van der Waals surface area (Å²) < 4.78 is 51.4. The number of benzene rings is 2. The Morgan fingerprint density at radius 3 is 2.37 bits per heavy atom. The van der Waals surface area contributed by atoms with Crippen LogP contribution in [0, 0.1) is 0 Å². The average Bonchev–Trinajstić information content (AvgIpc) is 2.86. The van der Waals surface area contributed by atoms with Crippen LogP contribution in [0.2, 0.25) is 5.02 Å². The number of urea groups is 1. The Morgan fingerprint density at radius 2 is 1.74 bits per heavy atom. The van der Waals surface area contributed by atoms with Crippen molar-refractivity contribution < 1.29 is 32.2 Å². The molecule has 1 heterocycles. The maximum Gasteiger partial charge on any atom is 0.420 e. The Hall–Kier alpha value is -4.03. The molecule has 0 radical (unpaired) electrons. The third-order valence-electron chi connectivity index (χ3n) is 4.97. The van der Waals surface area contributed by atoms with E-state index < -0.39 is 23.5 Å². The molecule has 0 saturated carbocycles. The van der Waals surface area contributed by atoms with E-state index >= 15 is 0 Å². The first-order chi connectivity index (χ1) is 18.0. The number of anilines is 2. The van der Waals surface area contributed by atoms with Gasteiger partial charge in [-0.05, 0) is 56.6 Å². The summed E-state index contributed by atoms with van der Waals surface area (Å²) in [7, 11) is 4.99. The Bertz CT molecular complexity index is 1290. The molecule has 0 atom stereocenters. The SMILES string of the molecule is CNC(=O)c1cc(Oc2ccc(NC(=O)Nc3ccc(C(F)(F)F)c(OCCN(C)C)c3Cl)cc2)ccn1. The summed E-state index contributed by atoms with van der Waals surface area (Å²) in [6.45, 7) is 0.328. The van der Waals surface area contributed by atoms with E-state index in [1.165, 1.54) is 19.3 Å². The summed E-state index contributed by atoms with van der Waals surface area (Å²) >= 11 is 6.19. The number of halogens is 4. The van der Waals surface area contributed by atoms with E-state index in [1.807, 2.05) is 0 Å². The predicted octanol–water partition coefficient (Wildman–Crippen LogP) is 5.49. The second kappa shape index (κ2) is 12.5. The van der Waals surface area contributed by atoms with Crippen LogP contribution in [0.5, 0.6) is 17.2 Å². The van der Waals surface area contributed by atoms with Crippen molar-refractivity contribution in [3.8, 4) is 17.2 Å². The number of carbonyl (C=O) groups is 2. The number of carbonyl (C=O) groups excluding carboxylic acids is 2. The van der Waals surface area contributed by atoms with Crippen LogP contribution in [0.1, 0.15) is 16.1 Å². The van der Waals surface area contributed by atoms with E-state index in [0.29, 0.717) is 23.7 Å². The number of nitrogens with one attached hydrogen (secondary N) is 3. The minimum absolute atomic E-state index is 0.0352. The first kappa shape index (κ1) is 28.5. The maximum atomic E-state index is 13.5. The van der Waals surface area contributed by atoms with E-state index in [2.05, 4.69) is 20.9 Å². The highest BCUT2D eigenvalue weighted by molar-refractivity contribution is 6.35. The number of alkyl halides is 3. The van der Waals surface area contributed by atoms with Crippen LogP contribution in [0.3, 0.4) is 0 Å². The molecule has 2 aromatic carbocycles. The highest BCUT2D eigenvalue weighted by Gasteiger charge is 2.36. The fraction of sp³-hybridized carbons (Fsp3) is 0.240. The molecule has 0 aliphatic heterocycles. The lowest BCUT2D eigenvalue weighted by atomic mass is 10.1. The molecule has 0 bridgehead atoms. The lowest BCUT2D eigenvalue weighted by Gasteiger charge is -2.19. The largest absolute Gasteiger partial charge is 0.490 e. The summed E-state index contributed by atoms with van der Waals surface area (Å²) in [5, 5.41) is 7.11. The number of pyridine rings is 1. The van der Waals surface area contributed by atoms with Crippen LogP contribution in [-0.2, 0) is 6.18 Å². The monoisotopic (exact) mass is 551 g/mol. The number of nitrogens with zero attached hydrogens (tertiary/aromatic N) is 2. The van der Waals surface area contributed by atoms with Gasteiger partial charge in [0.05, 0.1) is 11.3 Å². The highest BCUT2D eigenvalue weighted by atomic mass is 35.5. The molecule has 3 amide bonds.